The normalized spacial score (nSPS) is 50.9. The summed E-state index contributed by atoms with van der Waals surface area (Å²) in [5, 5.41) is 0. The van der Waals surface area contributed by atoms with Gasteiger partial charge in [-0.2, -0.15) is 0 Å². The summed E-state index contributed by atoms with van der Waals surface area (Å²) in [6.07, 6.45) is 17.7. The van der Waals surface area contributed by atoms with E-state index >= 15 is 0 Å². The van der Waals surface area contributed by atoms with E-state index in [-0.39, 0.29) is 20.7 Å². The quantitative estimate of drug-likeness (QED) is 0.231. The molecular formula is C27H37IO. The van der Waals surface area contributed by atoms with Gasteiger partial charge < -0.3 is 0 Å². The molecule has 0 saturated heterocycles. The number of halogens is 1. The zero-order valence-corrected chi connectivity index (χ0v) is 20.5. The fourth-order valence-electron chi connectivity index (χ4n) is 8.72. The average Bonchev–Trinajstić information content (AvgIpc) is 3.46. The first-order valence-corrected chi connectivity index (χ1v) is 14.3. The van der Waals surface area contributed by atoms with Gasteiger partial charge in [0, 0.05) is 9.84 Å². The molecule has 5 aliphatic rings. The summed E-state index contributed by atoms with van der Waals surface area (Å²) in [5.74, 6) is 6.44. The van der Waals surface area contributed by atoms with Crippen LogP contribution in [0.4, 0.5) is 0 Å². The summed E-state index contributed by atoms with van der Waals surface area (Å²) < 4.78 is 3.00. The van der Waals surface area contributed by atoms with Gasteiger partial charge in [-0.1, -0.05) is 54.7 Å². The second-order valence-electron chi connectivity index (χ2n) is 10.6. The highest BCUT2D eigenvalue weighted by Gasteiger charge is 2.75. The van der Waals surface area contributed by atoms with E-state index in [0.29, 0.717) is 20.5 Å². The van der Waals surface area contributed by atoms with Crippen LogP contribution in [0.15, 0.2) is 36.5 Å². The predicted molar refractivity (Wildman–Crippen MR) is 131 cm³/mol. The third-order valence-electron chi connectivity index (χ3n) is 9.73. The van der Waals surface area contributed by atoms with Crippen molar-refractivity contribution in [3.63, 3.8) is 0 Å². The Kier molecular flexibility index (Phi) is 5.12. The lowest BCUT2D eigenvalue weighted by Gasteiger charge is -2.59. The second kappa shape index (κ2) is 7.28. The minimum Gasteiger partial charge on any atom is -0.295 e. The van der Waals surface area contributed by atoms with Crippen LogP contribution in [0, 0.1) is 46.8 Å². The third kappa shape index (κ3) is 2.76. The van der Waals surface area contributed by atoms with Gasteiger partial charge in [-0.05, 0) is 91.9 Å². The van der Waals surface area contributed by atoms with E-state index in [1.165, 1.54) is 37.7 Å². The Labute approximate surface area is 187 Å². The number of hydrogen-bond donors (Lipinski definition) is 0. The Hall–Kier alpha value is -0.510. The van der Waals surface area contributed by atoms with E-state index in [2.05, 4.69) is 49.6 Å². The maximum atomic E-state index is 12.1. The van der Waals surface area contributed by atoms with E-state index in [0.717, 1.165) is 48.3 Å². The second-order valence-corrected chi connectivity index (χ2v) is 14.3. The molecule has 158 valence electrons. The summed E-state index contributed by atoms with van der Waals surface area (Å²) in [6, 6.07) is 0. The van der Waals surface area contributed by atoms with Crippen LogP contribution in [0.3, 0.4) is 0 Å². The molecule has 29 heavy (non-hydrogen) atoms. The first kappa shape index (κ1) is 20.4. The van der Waals surface area contributed by atoms with Crippen LogP contribution >= 0.6 is 20.7 Å². The monoisotopic (exact) mass is 504 g/mol. The van der Waals surface area contributed by atoms with Gasteiger partial charge in [0.05, 0.1) is 0 Å². The number of rotatable bonds is 4. The minimum absolute atomic E-state index is 0.0485. The Morgan fingerprint density at radius 1 is 1.31 bits per heavy atom. The fourth-order valence-corrected chi connectivity index (χ4v) is 12.7. The predicted octanol–water partition coefficient (Wildman–Crippen LogP) is 6.89. The van der Waals surface area contributed by atoms with Gasteiger partial charge in [0.1, 0.15) is 0 Å². The van der Waals surface area contributed by atoms with E-state index in [1.54, 1.807) is 0 Å². The Balaban J connectivity index is 1.58. The number of carbonyl (C=O) groups is 1. The maximum absolute atomic E-state index is 12.1. The molecule has 0 bridgehead atoms. The zero-order chi connectivity index (χ0) is 20.4. The molecule has 5 aliphatic carbocycles. The molecule has 2 heteroatoms. The van der Waals surface area contributed by atoms with Gasteiger partial charge in [0.25, 0.3) is 0 Å². The number of fused-ring (bicyclic) bond motifs is 7. The van der Waals surface area contributed by atoms with Crippen LogP contribution in [0.1, 0.15) is 65.7 Å². The van der Waals surface area contributed by atoms with Crippen molar-refractivity contribution in [3.8, 4) is 0 Å². The Bertz CT molecular complexity index is 805. The van der Waals surface area contributed by atoms with Gasteiger partial charge in [-0.25, -0.2) is 0 Å². The molecule has 4 fully saturated rings. The van der Waals surface area contributed by atoms with Gasteiger partial charge in [0.2, 0.25) is 0 Å². The van der Waals surface area contributed by atoms with Gasteiger partial charge >= 0.3 is 0 Å². The van der Waals surface area contributed by atoms with Crippen LogP contribution in [-0.4, -0.2) is 13.2 Å². The smallest absolute Gasteiger partial charge is 0.155 e. The first-order chi connectivity index (χ1) is 14.0. The van der Waals surface area contributed by atoms with Gasteiger partial charge in [-0.3, -0.25) is 4.79 Å². The van der Waals surface area contributed by atoms with E-state index in [1.807, 2.05) is 6.08 Å². The van der Waals surface area contributed by atoms with E-state index in [4.69, 9.17) is 0 Å². The highest BCUT2D eigenvalue weighted by Crippen LogP contribution is 2.80. The molecule has 0 heterocycles. The summed E-state index contributed by atoms with van der Waals surface area (Å²) >= 11 is 0.0485. The Morgan fingerprint density at radius 3 is 2.86 bits per heavy atom. The van der Waals surface area contributed by atoms with Crippen molar-refractivity contribution < 1.29 is 4.79 Å². The average molecular weight is 504 g/mol. The molecule has 4 saturated carbocycles. The van der Waals surface area contributed by atoms with E-state index in [9.17, 15) is 4.79 Å². The molecular weight excluding hydrogens is 467 g/mol. The number of allylic oxidation sites excluding steroid dienone is 4. The number of alkyl halides is 1. The molecule has 9 atom stereocenters. The van der Waals surface area contributed by atoms with E-state index < -0.39 is 0 Å². The van der Waals surface area contributed by atoms with Crippen molar-refractivity contribution in [1.82, 2.24) is 0 Å². The van der Waals surface area contributed by atoms with Crippen molar-refractivity contribution in [2.24, 2.45) is 46.8 Å². The molecule has 0 amide bonds. The highest BCUT2D eigenvalue weighted by molar-refractivity contribution is 14.2. The zero-order valence-electron chi connectivity index (χ0n) is 18.4. The number of hydrogen-bond acceptors (Lipinski definition) is 1. The lowest BCUT2D eigenvalue weighted by Crippen LogP contribution is -2.54. The standard InChI is InChI=1S/C27H37IO/c1-5-8-12-27(28-7-3)23-16-22(23)25-24-17(6-2)14-18-15-19(29)9-10-20(18)21(24)11-13-26(25,27)4/h5,7-8,12,15,17,20-25H,1,6,9-11,13-14,16H2,2-4H3/b12-8-/t17-,20?,21-,22+,23?,24-,25+,26?,27?/m1/s1. The molecule has 0 aromatic heterocycles. The Morgan fingerprint density at radius 2 is 2.14 bits per heavy atom. The van der Waals surface area contributed by atoms with Gasteiger partial charge in [0.15, 0.2) is 5.78 Å². The molecule has 0 aliphatic heterocycles. The number of carbonyl (C=O) groups excluding carboxylic acids is 1. The lowest BCUT2D eigenvalue weighted by molar-refractivity contribution is -0.116. The molecule has 0 spiro atoms. The molecule has 0 aromatic rings. The molecule has 5 rings (SSSR count). The minimum atomic E-state index is 0.0485. The van der Waals surface area contributed by atoms with Crippen molar-refractivity contribution in [2.75, 3.05) is 0 Å². The fraction of sp³-hybridized carbons (Fsp3) is 0.704. The van der Waals surface area contributed by atoms with Crippen LogP contribution in [0.5, 0.6) is 0 Å². The topological polar surface area (TPSA) is 17.1 Å². The first-order valence-electron chi connectivity index (χ1n) is 12.0. The van der Waals surface area contributed by atoms with Crippen LogP contribution in [0.25, 0.3) is 0 Å². The molecule has 0 radical (unpaired) electrons. The SMILES string of the molecule is C=C/C=C\C1(I=CC)C2C[C@@H]2[C@H]2[C@@H]3[C@H](CC)CC4=CC(=O)CCC4[C@H]3CCC21C. The van der Waals surface area contributed by atoms with Crippen molar-refractivity contribution in [2.45, 2.75) is 69.1 Å². The highest BCUT2D eigenvalue weighted by atomic mass is 127. The van der Waals surface area contributed by atoms with Crippen LogP contribution in [-0.2, 0) is 4.79 Å². The summed E-state index contributed by atoms with van der Waals surface area (Å²) in [4.78, 5) is 12.1. The summed E-state index contributed by atoms with van der Waals surface area (Å²) in [6.45, 7) is 11.4. The molecule has 4 unspecified atom stereocenters. The summed E-state index contributed by atoms with van der Waals surface area (Å²) in [5.41, 5.74) is 2.01. The van der Waals surface area contributed by atoms with Gasteiger partial charge in [-0.15, -0.1) is 20.7 Å². The van der Waals surface area contributed by atoms with Crippen molar-refractivity contribution in [1.29, 1.82) is 0 Å². The molecule has 1 nitrogen and oxygen atoms in total. The largest absolute Gasteiger partial charge is 0.295 e. The molecule has 0 aromatic carbocycles. The third-order valence-corrected chi connectivity index (χ3v) is 13.8. The van der Waals surface area contributed by atoms with Crippen LogP contribution < -0.4 is 0 Å². The van der Waals surface area contributed by atoms with Crippen molar-refractivity contribution in [3.05, 3.63) is 36.5 Å². The number of ketones is 1. The maximum Gasteiger partial charge on any atom is 0.155 e. The van der Waals surface area contributed by atoms with Crippen LogP contribution in [0.2, 0.25) is 0 Å². The molecule has 0 N–H and O–H groups in total. The van der Waals surface area contributed by atoms with Crippen molar-refractivity contribution >= 4 is 30.5 Å². The lowest BCUT2D eigenvalue weighted by atomic mass is 9.47. The summed E-state index contributed by atoms with van der Waals surface area (Å²) in [7, 11) is 0.